The minimum Gasteiger partial charge on any atom is -0.298 e. The van der Waals surface area contributed by atoms with Crippen molar-refractivity contribution in [3.05, 3.63) is 34.4 Å². The number of rotatable bonds is 3. The summed E-state index contributed by atoms with van der Waals surface area (Å²) in [6.45, 7) is 13.1. The highest BCUT2D eigenvalue weighted by Crippen LogP contribution is 2.19. The number of nitrogens with zero attached hydrogens (tertiary/aromatic N) is 2. The molecule has 0 amide bonds. The molecule has 0 radical (unpaired) electrons. The zero-order chi connectivity index (χ0) is 15.7. The summed E-state index contributed by atoms with van der Waals surface area (Å²) in [6.07, 6.45) is 0. The van der Waals surface area contributed by atoms with Crippen LogP contribution in [0, 0.1) is 20.8 Å². The predicted octanol–water partition coefficient (Wildman–Crippen LogP) is 2.82. The van der Waals surface area contributed by atoms with E-state index in [9.17, 15) is 4.79 Å². The molecule has 1 heterocycles. The van der Waals surface area contributed by atoms with Crippen molar-refractivity contribution < 1.29 is 4.79 Å². The minimum atomic E-state index is 0.258. The quantitative estimate of drug-likeness (QED) is 0.799. The standard InChI is InChI=1S/C18H28N2O/c1-12-7-13(2)18(14(3)8-12)17(21)11-20-9-15(4)19(6)16(5)10-20/h7-8,15-16H,9-11H2,1-6H3. The fourth-order valence-electron chi connectivity index (χ4n) is 3.54. The van der Waals surface area contributed by atoms with Crippen LogP contribution in [0.25, 0.3) is 0 Å². The Morgan fingerprint density at radius 3 is 2.05 bits per heavy atom. The van der Waals surface area contributed by atoms with E-state index in [0.717, 1.165) is 29.8 Å². The van der Waals surface area contributed by atoms with Gasteiger partial charge in [-0.05, 0) is 52.8 Å². The van der Waals surface area contributed by atoms with Gasteiger partial charge in [-0.3, -0.25) is 14.6 Å². The molecule has 0 N–H and O–H groups in total. The second-order valence-electron chi connectivity index (χ2n) is 6.75. The molecule has 21 heavy (non-hydrogen) atoms. The number of piperazine rings is 1. The summed E-state index contributed by atoms with van der Waals surface area (Å²) >= 11 is 0. The molecule has 1 aromatic carbocycles. The maximum atomic E-state index is 12.7. The highest BCUT2D eigenvalue weighted by Gasteiger charge is 2.28. The number of likely N-dealkylation sites (N-methyl/N-ethyl adjacent to an activating group) is 1. The summed E-state index contributed by atoms with van der Waals surface area (Å²) in [5, 5.41) is 0. The molecule has 0 bridgehead atoms. The molecule has 1 aromatic rings. The third kappa shape index (κ3) is 3.53. The van der Waals surface area contributed by atoms with Gasteiger partial charge in [0.05, 0.1) is 6.54 Å². The van der Waals surface area contributed by atoms with Crippen molar-refractivity contribution in [2.75, 3.05) is 26.7 Å². The number of aryl methyl sites for hydroxylation is 3. The third-order valence-corrected chi connectivity index (χ3v) is 4.76. The molecule has 2 rings (SSSR count). The summed E-state index contributed by atoms with van der Waals surface area (Å²) < 4.78 is 0. The fourth-order valence-corrected chi connectivity index (χ4v) is 3.54. The smallest absolute Gasteiger partial charge is 0.177 e. The minimum absolute atomic E-state index is 0.258. The monoisotopic (exact) mass is 288 g/mol. The number of benzene rings is 1. The number of ketones is 1. The van der Waals surface area contributed by atoms with Gasteiger partial charge >= 0.3 is 0 Å². The van der Waals surface area contributed by atoms with Crippen LogP contribution in [-0.2, 0) is 0 Å². The van der Waals surface area contributed by atoms with E-state index < -0.39 is 0 Å². The molecule has 116 valence electrons. The van der Waals surface area contributed by atoms with Gasteiger partial charge in [-0.2, -0.15) is 0 Å². The molecular weight excluding hydrogens is 260 g/mol. The molecule has 3 heteroatoms. The second kappa shape index (κ2) is 6.29. The van der Waals surface area contributed by atoms with Gasteiger partial charge in [-0.1, -0.05) is 17.7 Å². The molecule has 1 aliphatic heterocycles. The number of carbonyl (C=O) groups is 1. The van der Waals surface area contributed by atoms with Crippen LogP contribution in [0.5, 0.6) is 0 Å². The van der Waals surface area contributed by atoms with E-state index in [1.807, 2.05) is 13.8 Å². The Kier molecular flexibility index (Phi) is 4.84. The Balaban J connectivity index is 2.12. The Hall–Kier alpha value is -1.19. The lowest BCUT2D eigenvalue weighted by molar-refractivity contribution is 0.0549. The lowest BCUT2D eigenvalue weighted by atomic mass is 9.96. The number of hydrogen-bond acceptors (Lipinski definition) is 3. The average Bonchev–Trinajstić information content (AvgIpc) is 2.34. The number of hydrogen-bond donors (Lipinski definition) is 0. The Labute approximate surface area is 128 Å². The average molecular weight is 288 g/mol. The zero-order valence-electron chi connectivity index (χ0n) is 14.2. The predicted molar refractivity (Wildman–Crippen MR) is 88.1 cm³/mol. The zero-order valence-corrected chi connectivity index (χ0v) is 14.2. The van der Waals surface area contributed by atoms with Crippen molar-refractivity contribution in [3.63, 3.8) is 0 Å². The summed E-state index contributed by atoms with van der Waals surface area (Å²) in [4.78, 5) is 17.4. The second-order valence-corrected chi connectivity index (χ2v) is 6.75. The van der Waals surface area contributed by atoms with Gasteiger partial charge in [0.25, 0.3) is 0 Å². The van der Waals surface area contributed by atoms with Crippen LogP contribution in [0.3, 0.4) is 0 Å². The maximum Gasteiger partial charge on any atom is 0.177 e. The summed E-state index contributed by atoms with van der Waals surface area (Å²) in [5.74, 6) is 0.258. The third-order valence-electron chi connectivity index (χ3n) is 4.76. The van der Waals surface area contributed by atoms with Crippen molar-refractivity contribution >= 4 is 5.78 Å². The Bertz CT molecular complexity index is 503. The van der Waals surface area contributed by atoms with E-state index in [4.69, 9.17) is 0 Å². The van der Waals surface area contributed by atoms with Gasteiger partial charge in [0.15, 0.2) is 5.78 Å². The van der Waals surface area contributed by atoms with E-state index in [2.05, 4.69) is 49.8 Å². The summed E-state index contributed by atoms with van der Waals surface area (Å²) in [7, 11) is 2.17. The normalized spacial score (nSPS) is 24.3. The number of Topliss-reactive ketones (excluding diaryl/α,β-unsaturated/α-hetero) is 1. The van der Waals surface area contributed by atoms with E-state index in [1.165, 1.54) is 5.56 Å². The highest BCUT2D eigenvalue weighted by atomic mass is 16.1. The van der Waals surface area contributed by atoms with Crippen LogP contribution in [0.1, 0.15) is 40.9 Å². The first-order valence-electron chi connectivity index (χ1n) is 7.85. The lowest BCUT2D eigenvalue weighted by Gasteiger charge is -2.42. The molecule has 1 saturated heterocycles. The topological polar surface area (TPSA) is 23.6 Å². The van der Waals surface area contributed by atoms with Crippen LogP contribution >= 0.6 is 0 Å². The van der Waals surface area contributed by atoms with Crippen molar-refractivity contribution in [1.29, 1.82) is 0 Å². The first-order valence-corrected chi connectivity index (χ1v) is 7.85. The van der Waals surface area contributed by atoms with E-state index in [1.54, 1.807) is 0 Å². The number of carbonyl (C=O) groups excluding carboxylic acids is 1. The van der Waals surface area contributed by atoms with Crippen LogP contribution in [0.15, 0.2) is 12.1 Å². The van der Waals surface area contributed by atoms with E-state index >= 15 is 0 Å². The Morgan fingerprint density at radius 1 is 1.10 bits per heavy atom. The molecule has 2 unspecified atom stereocenters. The van der Waals surface area contributed by atoms with Crippen molar-refractivity contribution in [3.8, 4) is 0 Å². The highest BCUT2D eigenvalue weighted by molar-refractivity contribution is 6.00. The van der Waals surface area contributed by atoms with Gasteiger partial charge < -0.3 is 0 Å². The molecule has 3 nitrogen and oxygen atoms in total. The molecule has 0 spiro atoms. The van der Waals surface area contributed by atoms with Gasteiger partial charge in [0.2, 0.25) is 0 Å². The van der Waals surface area contributed by atoms with Gasteiger partial charge in [0, 0.05) is 30.7 Å². The van der Waals surface area contributed by atoms with Gasteiger partial charge in [-0.25, -0.2) is 0 Å². The largest absolute Gasteiger partial charge is 0.298 e. The van der Waals surface area contributed by atoms with E-state index in [-0.39, 0.29) is 5.78 Å². The van der Waals surface area contributed by atoms with Crippen LogP contribution in [-0.4, -0.2) is 54.3 Å². The first-order chi connectivity index (χ1) is 9.79. The molecule has 2 atom stereocenters. The molecular formula is C18H28N2O. The van der Waals surface area contributed by atoms with Gasteiger partial charge in [-0.15, -0.1) is 0 Å². The maximum absolute atomic E-state index is 12.7. The molecule has 1 aliphatic rings. The Morgan fingerprint density at radius 2 is 1.57 bits per heavy atom. The van der Waals surface area contributed by atoms with Crippen LogP contribution in [0.2, 0.25) is 0 Å². The van der Waals surface area contributed by atoms with Crippen molar-refractivity contribution in [1.82, 2.24) is 9.80 Å². The first kappa shape index (κ1) is 16.2. The summed E-state index contributed by atoms with van der Waals surface area (Å²) in [6, 6.07) is 5.22. The van der Waals surface area contributed by atoms with Crippen molar-refractivity contribution in [2.24, 2.45) is 0 Å². The lowest BCUT2D eigenvalue weighted by Crippen LogP contribution is -2.55. The van der Waals surface area contributed by atoms with Crippen LogP contribution < -0.4 is 0 Å². The molecule has 1 fully saturated rings. The van der Waals surface area contributed by atoms with Crippen LogP contribution in [0.4, 0.5) is 0 Å². The van der Waals surface area contributed by atoms with E-state index in [0.29, 0.717) is 18.6 Å². The van der Waals surface area contributed by atoms with Crippen molar-refractivity contribution in [2.45, 2.75) is 46.7 Å². The van der Waals surface area contributed by atoms with Gasteiger partial charge in [0.1, 0.15) is 0 Å². The fraction of sp³-hybridized carbons (Fsp3) is 0.611. The molecule has 0 saturated carbocycles. The SMILES string of the molecule is Cc1cc(C)c(C(=O)CN2CC(C)N(C)C(C)C2)c(C)c1. The summed E-state index contributed by atoms with van der Waals surface area (Å²) in [5.41, 5.74) is 4.35. The molecule has 0 aliphatic carbocycles. The molecule has 0 aromatic heterocycles.